The minimum absolute atomic E-state index is 0.0743. The van der Waals surface area contributed by atoms with E-state index in [-0.39, 0.29) is 17.9 Å². The quantitative estimate of drug-likeness (QED) is 0.462. The number of rotatable bonds is 7. The van der Waals surface area contributed by atoms with E-state index in [0.29, 0.717) is 24.9 Å². The third-order valence-electron chi connectivity index (χ3n) is 7.22. The lowest BCUT2D eigenvalue weighted by Crippen LogP contribution is -2.56. The molecule has 7 nitrogen and oxygen atoms in total. The number of nitrogens with one attached hydrogen (secondary N) is 3. The number of hydrogen-bond acceptors (Lipinski definition) is 5. The van der Waals surface area contributed by atoms with Gasteiger partial charge in [0, 0.05) is 19.0 Å². The first-order valence-electron chi connectivity index (χ1n) is 11.5. The van der Waals surface area contributed by atoms with E-state index in [4.69, 9.17) is 0 Å². The van der Waals surface area contributed by atoms with Gasteiger partial charge in [0.15, 0.2) is 0 Å². The summed E-state index contributed by atoms with van der Waals surface area (Å²) in [5.41, 5.74) is 8.13. The van der Waals surface area contributed by atoms with Crippen molar-refractivity contribution in [3.05, 3.63) is 48.0 Å². The monoisotopic (exact) mass is 425 g/mol. The Bertz CT molecular complexity index is 821. The van der Waals surface area contributed by atoms with E-state index in [1.54, 1.807) is 0 Å². The average molecular weight is 426 g/mol. The molecule has 3 atom stereocenters. The molecule has 3 saturated heterocycles. The number of amides is 3. The Morgan fingerprint density at radius 3 is 2.55 bits per heavy atom. The van der Waals surface area contributed by atoms with E-state index in [9.17, 15) is 9.59 Å². The highest BCUT2D eigenvalue weighted by Crippen LogP contribution is 2.37. The lowest BCUT2D eigenvalue weighted by atomic mass is 9.75. The molecule has 0 aliphatic carbocycles. The van der Waals surface area contributed by atoms with Gasteiger partial charge in [0.25, 0.3) is 5.91 Å². The number of carbonyl (C=O) groups excluding carboxylic acids is 2. The zero-order valence-electron chi connectivity index (χ0n) is 18.7. The molecule has 7 heteroatoms. The molecule has 3 amide bonds. The normalized spacial score (nSPS) is 30.1. The van der Waals surface area contributed by atoms with E-state index < -0.39 is 5.54 Å². The molecule has 1 aromatic carbocycles. The molecule has 3 unspecified atom stereocenters. The third kappa shape index (κ3) is 4.27. The Hall–Kier alpha value is -2.22. The maximum atomic E-state index is 13.2. The van der Waals surface area contributed by atoms with Gasteiger partial charge in [-0.25, -0.2) is 10.2 Å². The van der Waals surface area contributed by atoms with Crippen LogP contribution in [0.5, 0.6) is 0 Å². The van der Waals surface area contributed by atoms with Crippen LogP contribution in [0, 0.1) is 11.8 Å². The molecule has 0 spiro atoms. The molecule has 0 saturated carbocycles. The average Bonchev–Trinajstić information content (AvgIpc) is 3.33. The van der Waals surface area contributed by atoms with Gasteiger partial charge in [0.05, 0.1) is 12.6 Å². The second-order valence-corrected chi connectivity index (χ2v) is 9.35. The van der Waals surface area contributed by atoms with E-state index in [1.165, 1.54) is 10.5 Å². The Balaban J connectivity index is 1.37. The summed E-state index contributed by atoms with van der Waals surface area (Å²) >= 11 is 0. The SMILES string of the molecule is C=C(C)CN1C(=O)NC(CC)(C2CCN(CC3CNNC3c3ccccc3)CC2)C1=O. The molecule has 3 N–H and O–H groups in total. The Labute approximate surface area is 185 Å². The van der Waals surface area contributed by atoms with Crippen molar-refractivity contribution in [1.29, 1.82) is 0 Å². The van der Waals surface area contributed by atoms with E-state index in [0.717, 1.165) is 44.6 Å². The van der Waals surface area contributed by atoms with Crippen LogP contribution in [0.4, 0.5) is 4.79 Å². The smallest absolute Gasteiger partial charge is 0.323 e. The number of piperidine rings is 1. The predicted octanol–water partition coefficient (Wildman–Crippen LogP) is 2.44. The van der Waals surface area contributed by atoms with Crippen LogP contribution in [-0.2, 0) is 4.79 Å². The number of hydrazine groups is 1. The molecule has 168 valence electrons. The Morgan fingerprint density at radius 1 is 1.19 bits per heavy atom. The summed E-state index contributed by atoms with van der Waals surface area (Å²) in [6, 6.07) is 10.6. The fraction of sp³-hybridized carbons (Fsp3) is 0.583. The first-order chi connectivity index (χ1) is 14.9. The van der Waals surface area contributed by atoms with Crippen LogP contribution < -0.4 is 16.2 Å². The fourth-order valence-electron chi connectivity index (χ4n) is 5.52. The maximum Gasteiger partial charge on any atom is 0.325 e. The number of imide groups is 1. The topological polar surface area (TPSA) is 76.7 Å². The van der Waals surface area contributed by atoms with Gasteiger partial charge in [-0.15, -0.1) is 0 Å². The van der Waals surface area contributed by atoms with Gasteiger partial charge in [-0.05, 0) is 50.8 Å². The summed E-state index contributed by atoms with van der Waals surface area (Å²) in [6.45, 7) is 11.9. The summed E-state index contributed by atoms with van der Waals surface area (Å²) in [6.07, 6.45) is 2.47. The molecule has 3 aliphatic heterocycles. The van der Waals surface area contributed by atoms with Crippen LogP contribution in [-0.4, -0.2) is 60.0 Å². The molecule has 0 radical (unpaired) electrons. The minimum atomic E-state index is -0.762. The van der Waals surface area contributed by atoms with Gasteiger partial charge in [-0.3, -0.25) is 15.1 Å². The first-order valence-corrected chi connectivity index (χ1v) is 11.5. The number of benzene rings is 1. The van der Waals surface area contributed by atoms with Crippen LogP contribution in [0.1, 0.15) is 44.7 Å². The van der Waals surface area contributed by atoms with Crippen LogP contribution in [0.15, 0.2) is 42.5 Å². The van der Waals surface area contributed by atoms with Crippen molar-refractivity contribution in [3.8, 4) is 0 Å². The third-order valence-corrected chi connectivity index (χ3v) is 7.22. The minimum Gasteiger partial charge on any atom is -0.323 e. The number of nitrogens with zero attached hydrogens (tertiary/aromatic N) is 2. The van der Waals surface area contributed by atoms with E-state index in [1.807, 2.05) is 13.8 Å². The standard InChI is InChI=1S/C24H35N5O2/c1-4-24(22(30)29(15-17(2)3)23(31)26-24)20-10-12-28(13-11-20)16-19-14-25-27-21(19)18-8-6-5-7-9-18/h5-9,19-21,25,27H,2,4,10-16H2,1,3H3,(H,26,31). The largest absolute Gasteiger partial charge is 0.325 e. The molecule has 3 aliphatic rings. The summed E-state index contributed by atoms with van der Waals surface area (Å²) < 4.78 is 0. The van der Waals surface area contributed by atoms with Crippen LogP contribution in [0.25, 0.3) is 0 Å². The van der Waals surface area contributed by atoms with Gasteiger partial charge >= 0.3 is 6.03 Å². The second kappa shape index (κ2) is 9.10. The Kier molecular flexibility index (Phi) is 6.46. The number of hydrogen-bond donors (Lipinski definition) is 3. The molecule has 0 aromatic heterocycles. The van der Waals surface area contributed by atoms with Crippen LogP contribution >= 0.6 is 0 Å². The molecule has 3 fully saturated rings. The molecular formula is C24H35N5O2. The zero-order valence-corrected chi connectivity index (χ0v) is 18.7. The van der Waals surface area contributed by atoms with Gasteiger partial charge in [0.1, 0.15) is 5.54 Å². The number of likely N-dealkylation sites (tertiary alicyclic amines) is 1. The second-order valence-electron chi connectivity index (χ2n) is 9.35. The van der Waals surface area contributed by atoms with Crippen molar-refractivity contribution in [2.45, 2.75) is 44.7 Å². The zero-order chi connectivity index (χ0) is 22.0. The van der Waals surface area contributed by atoms with Crippen LogP contribution in [0.2, 0.25) is 0 Å². The van der Waals surface area contributed by atoms with Crippen molar-refractivity contribution >= 4 is 11.9 Å². The molecule has 31 heavy (non-hydrogen) atoms. The summed E-state index contributed by atoms with van der Waals surface area (Å²) in [4.78, 5) is 29.6. The highest BCUT2D eigenvalue weighted by atomic mass is 16.2. The molecule has 3 heterocycles. The Morgan fingerprint density at radius 2 is 1.90 bits per heavy atom. The fourth-order valence-corrected chi connectivity index (χ4v) is 5.52. The van der Waals surface area contributed by atoms with Crippen molar-refractivity contribution in [1.82, 2.24) is 26.0 Å². The van der Waals surface area contributed by atoms with Crippen molar-refractivity contribution < 1.29 is 9.59 Å². The molecule has 1 aromatic rings. The number of carbonyl (C=O) groups is 2. The predicted molar refractivity (Wildman–Crippen MR) is 121 cm³/mol. The summed E-state index contributed by atoms with van der Waals surface area (Å²) in [5.74, 6) is 0.595. The van der Waals surface area contributed by atoms with E-state index >= 15 is 0 Å². The van der Waals surface area contributed by atoms with Crippen molar-refractivity contribution in [3.63, 3.8) is 0 Å². The lowest BCUT2D eigenvalue weighted by Gasteiger charge is -2.41. The summed E-state index contributed by atoms with van der Waals surface area (Å²) in [5, 5.41) is 3.07. The number of urea groups is 1. The van der Waals surface area contributed by atoms with Gasteiger partial charge in [-0.1, -0.05) is 49.4 Å². The highest BCUT2D eigenvalue weighted by molar-refractivity contribution is 6.07. The van der Waals surface area contributed by atoms with Gasteiger partial charge < -0.3 is 10.2 Å². The van der Waals surface area contributed by atoms with E-state index in [2.05, 4.69) is 58.0 Å². The van der Waals surface area contributed by atoms with Crippen molar-refractivity contribution in [2.75, 3.05) is 32.7 Å². The molecule has 0 bridgehead atoms. The highest BCUT2D eigenvalue weighted by Gasteiger charge is 2.54. The molecule has 4 rings (SSSR count). The lowest BCUT2D eigenvalue weighted by molar-refractivity contribution is -0.134. The summed E-state index contributed by atoms with van der Waals surface area (Å²) in [7, 11) is 0. The van der Waals surface area contributed by atoms with Crippen LogP contribution in [0.3, 0.4) is 0 Å². The van der Waals surface area contributed by atoms with Gasteiger partial charge in [-0.2, -0.15) is 0 Å². The maximum absolute atomic E-state index is 13.2. The first kappa shape index (κ1) is 22.0. The molecular weight excluding hydrogens is 390 g/mol. The van der Waals surface area contributed by atoms with Gasteiger partial charge in [0.2, 0.25) is 0 Å². The van der Waals surface area contributed by atoms with Crippen molar-refractivity contribution in [2.24, 2.45) is 11.8 Å².